The van der Waals surface area contributed by atoms with Gasteiger partial charge in [0.2, 0.25) is 5.91 Å². The summed E-state index contributed by atoms with van der Waals surface area (Å²) >= 11 is 0. The van der Waals surface area contributed by atoms with Crippen LogP contribution in [0.3, 0.4) is 0 Å². The average Bonchev–Trinajstić information content (AvgIpc) is 3.01. The van der Waals surface area contributed by atoms with Crippen LogP contribution in [0.1, 0.15) is 226 Å². The lowest BCUT2D eigenvalue weighted by atomic mass is 10.0. The number of hydrogen-bond donors (Lipinski definition) is 1. The highest BCUT2D eigenvalue weighted by Gasteiger charge is 2.01. The fourth-order valence-electron chi connectivity index (χ4n) is 5.66. The third-order valence-corrected chi connectivity index (χ3v) is 8.58. The van der Waals surface area contributed by atoms with E-state index in [1.165, 1.54) is 180 Å². The van der Waals surface area contributed by atoms with Crippen LogP contribution in [0.2, 0.25) is 0 Å². The maximum atomic E-state index is 11.2. The molecule has 0 aliphatic carbocycles. The van der Waals surface area contributed by atoms with E-state index >= 15 is 0 Å². The summed E-state index contributed by atoms with van der Waals surface area (Å²) in [5.74, 6) is 0.155. The van der Waals surface area contributed by atoms with Crippen LogP contribution >= 0.6 is 0 Å². The molecule has 0 aliphatic heterocycles. The molecule has 0 rings (SSSR count). The molecule has 0 aromatic carbocycles. The van der Waals surface area contributed by atoms with Gasteiger partial charge in [-0.2, -0.15) is 0 Å². The van der Waals surface area contributed by atoms with E-state index in [2.05, 4.69) is 19.2 Å². The number of esters is 1. The van der Waals surface area contributed by atoms with Crippen molar-refractivity contribution in [2.24, 2.45) is 0 Å². The Hall–Kier alpha value is -1.06. The Morgan fingerprint density at radius 3 is 0.907 bits per heavy atom. The molecule has 1 N–H and O–H groups in total. The SMILES string of the molecule is CCCCCCCCCCCCCCCCCC(=O)NC.CCCCCCCCCCCCCCCCCC(=O)OCC. The molecule has 0 fully saturated rings. The van der Waals surface area contributed by atoms with Crippen molar-refractivity contribution in [2.45, 2.75) is 226 Å². The molecular formula is C39H79NO3. The first kappa shape index (κ1) is 44.1. The Kier molecular flexibility index (Phi) is 42.0. The summed E-state index contributed by atoms with van der Waals surface area (Å²) in [6.45, 7) is 6.93. The molecule has 0 aromatic heterocycles. The second kappa shape index (κ2) is 40.9. The van der Waals surface area contributed by atoms with Crippen molar-refractivity contribution in [2.75, 3.05) is 13.7 Å². The molecule has 0 spiro atoms. The van der Waals surface area contributed by atoms with Crippen molar-refractivity contribution in [3.05, 3.63) is 0 Å². The van der Waals surface area contributed by atoms with E-state index in [1.807, 2.05) is 6.92 Å². The highest BCUT2D eigenvalue weighted by Crippen LogP contribution is 2.15. The maximum absolute atomic E-state index is 11.2. The molecule has 0 aromatic rings. The number of amides is 1. The van der Waals surface area contributed by atoms with Gasteiger partial charge < -0.3 is 10.1 Å². The second-order valence-corrected chi connectivity index (χ2v) is 12.9. The molecule has 0 heterocycles. The Balaban J connectivity index is 0. The molecule has 0 bridgehead atoms. The molecule has 0 saturated carbocycles. The van der Waals surface area contributed by atoms with E-state index < -0.39 is 0 Å². The molecular weight excluding hydrogens is 530 g/mol. The van der Waals surface area contributed by atoms with Crippen LogP contribution < -0.4 is 5.32 Å². The summed E-state index contributed by atoms with van der Waals surface area (Å²) in [7, 11) is 1.72. The summed E-state index contributed by atoms with van der Waals surface area (Å²) in [4.78, 5) is 22.2. The minimum atomic E-state index is -0.0304. The van der Waals surface area contributed by atoms with E-state index in [9.17, 15) is 9.59 Å². The topological polar surface area (TPSA) is 55.4 Å². The molecule has 1 amide bonds. The van der Waals surface area contributed by atoms with Crippen LogP contribution in [0.15, 0.2) is 0 Å². The monoisotopic (exact) mass is 610 g/mol. The summed E-state index contributed by atoms with van der Waals surface area (Å²) in [5, 5.41) is 2.68. The Bertz CT molecular complexity index is 537. The van der Waals surface area contributed by atoms with Crippen LogP contribution in [0.4, 0.5) is 0 Å². The number of carbonyl (C=O) groups is 2. The number of carbonyl (C=O) groups excluding carboxylic acids is 2. The highest BCUT2D eigenvalue weighted by molar-refractivity contribution is 5.75. The zero-order valence-corrected chi connectivity index (χ0v) is 30.1. The lowest BCUT2D eigenvalue weighted by Gasteiger charge is -2.03. The molecule has 0 radical (unpaired) electrons. The Morgan fingerprint density at radius 1 is 0.395 bits per heavy atom. The minimum absolute atomic E-state index is 0.0304. The van der Waals surface area contributed by atoms with Gasteiger partial charge in [0, 0.05) is 19.9 Å². The predicted octanol–water partition coefficient (Wildman–Crippen LogP) is 12.8. The van der Waals surface area contributed by atoms with Gasteiger partial charge in [0.15, 0.2) is 0 Å². The largest absolute Gasteiger partial charge is 0.466 e. The standard InChI is InChI=1S/C20H40O2.C19H39NO/c1-3-5-6-7-8-9-10-11-12-13-14-15-16-17-18-19-20(21)22-4-2;1-3-4-5-6-7-8-9-10-11-12-13-14-15-16-17-18-19(21)20-2/h3-19H2,1-2H3;3-18H2,1-2H3,(H,20,21). The van der Waals surface area contributed by atoms with Crippen LogP contribution in [-0.4, -0.2) is 25.5 Å². The summed E-state index contributed by atoms with van der Waals surface area (Å²) in [6, 6.07) is 0. The lowest BCUT2D eigenvalue weighted by molar-refractivity contribution is -0.143. The van der Waals surface area contributed by atoms with E-state index in [1.54, 1.807) is 7.05 Å². The van der Waals surface area contributed by atoms with Crippen molar-refractivity contribution in [3.8, 4) is 0 Å². The third-order valence-electron chi connectivity index (χ3n) is 8.58. The first-order valence-corrected chi connectivity index (χ1v) is 19.5. The summed E-state index contributed by atoms with van der Waals surface area (Å²) in [6.07, 6.45) is 42.2. The molecule has 43 heavy (non-hydrogen) atoms. The molecule has 0 unspecified atom stereocenters. The average molecular weight is 610 g/mol. The quantitative estimate of drug-likeness (QED) is 0.0595. The Labute approximate surface area is 271 Å². The number of ether oxygens (including phenoxy) is 1. The van der Waals surface area contributed by atoms with Gasteiger partial charge in [0.05, 0.1) is 6.61 Å². The van der Waals surface area contributed by atoms with Crippen LogP contribution in [0, 0.1) is 0 Å². The third kappa shape index (κ3) is 43.1. The zero-order valence-electron chi connectivity index (χ0n) is 30.1. The molecule has 4 heteroatoms. The first-order chi connectivity index (χ1) is 21.1. The van der Waals surface area contributed by atoms with Gasteiger partial charge >= 0.3 is 5.97 Å². The van der Waals surface area contributed by atoms with Crippen molar-refractivity contribution in [1.82, 2.24) is 5.32 Å². The first-order valence-electron chi connectivity index (χ1n) is 19.5. The highest BCUT2D eigenvalue weighted by atomic mass is 16.5. The van der Waals surface area contributed by atoms with Gasteiger partial charge in [-0.1, -0.05) is 194 Å². The Morgan fingerprint density at radius 2 is 0.651 bits per heavy atom. The fraction of sp³-hybridized carbons (Fsp3) is 0.949. The normalized spacial score (nSPS) is 10.8. The van der Waals surface area contributed by atoms with E-state index in [-0.39, 0.29) is 11.9 Å². The van der Waals surface area contributed by atoms with Crippen LogP contribution in [-0.2, 0) is 14.3 Å². The van der Waals surface area contributed by atoms with Gasteiger partial charge in [-0.3, -0.25) is 9.59 Å². The van der Waals surface area contributed by atoms with Crippen molar-refractivity contribution < 1.29 is 14.3 Å². The predicted molar refractivity (Wildman–Crippen MR) is 190 cm³/mol. The van der Waals surface area contributed by atoms with Crippen molar-refractivity contribution in [1.29, 1.82) is 0 Å². The number of rotatable bonds is 33. The number of hydrogen-bond acceptors (Lipinski definition) is 3. The van der Waals surface area contributed by atoms with Crippen LogP contribution in [0.5, 0.6) is 0 Å². The van der Waals surface area contributed by atoms with Gasteiger partial charge in [-0.15, -0.1) is 0 Å². The van der Waals surface area contributed by atoms with Crippen LogP contribution in [0.25, 0.3) is 0 Å². The molecule has 0 atom stereocenters. The van der Waals surface area contributed by atoms with Gasteiger partial charge in [-0.05, 0) is 19.8 Å². The van der Waals surface area contributed by atoms with Gasteiger partial charge in [0.25, 0.3) is 0 Å². The van der Waals surface area contributed by atoms with E-state index in [0.29, 0.717) is 19.4 Å². The summed E-state index contributed by atoms with van der Waals surface area (Å²) < 4.78 is 4.92. The van der Waals surface area contributed by atoms with E-state index in [4.69, 9.17) is 4.74 Å². The van der Waals surface area contributed by atoms with Gasteiger partial charge in [0.1, 0.15) is 0 Å². The van der Waals surface area contributed by atoms with Gasteiger partial charge in [-0.25, -0.2) is 0 Å². The minimum Gasteiger partial charge on any atom is -0.466 e. The fourth-order valence-corrected chi connectivity index (χ4v) is 5.66. The molecule has 0 saturated heterocycles. The molecule has 258 valence electrons. The number of unbranched alkanes of at least 4 members (excludes halogenated alkanes) is 28. The van der Waals surface area contributed by atoms with E-state index in [0.717, 1.165) is 12.8 Å². The van der Waals surface area contributed by atoms with Crippen molar-refractivity contribution >= 4 is 11.9 Å². The molecule has 0 aliphatic rings. The summed E-state index contributed by atoms with van der Waals surface area (Å²) in [5.41, 5.74) is 0. The second-order valence-electron chi connectivity index (χ2n) is 12.9. The maximum Gasteiger partial charge on any atom is 0.305 e. The number of nitrogens with one attached hydrogen (secondary N) is 1. The lowest BCUT2D eigenvalue weighted by Crippen LogP contribution is -2.16. The molecule has 4 nitrogen and oxygen atoms in total. The smallest absolute Gasteiger partial charge is 0.305 e. The van der Waals surface area contributed by atoms with Crippen molar-refractivity contribution in [3.63, 3.8) is 0 Å². The zero-order chi connectivity index (χ0) is 31.9.